The van der Waals surface area contributed by atoms with E-state index in [2.05, 4.69) is 13.8 Å². The summed E-state index contributed by atoms with van der Waals surface area (Å²) >= 11 is 0. The fourth-order valence-electron chi connectivity index (χ4n) is 4.47. The van der Waals surface area contributed by atoms with Crippen LogP contribution in [0.1, 0.15) is 67.2 Å². The summed E-state index contributed by atoms with van der Waals surface area (Å²) in [6, 6.07) is 0.0484. The van der Waals surface area contributed by atoms with Gasteiger partial charge >= 0.3 is 0 Å². The second kappa shape index (κ2) is 4.98. The Kier molecular flexibility index (Phi) is 4.05. The van der Waals surface area contributed by atoms with Gasteiger partial charge in [-0.05, 0) is 70.1 Å². The maximum Gasteiger partial charge on any atom is 0.216 e. The summed E-state index contributed by atoms with van der Waals surface area (Å²) in [5, 5.41) is -0.331. The van der Waals surface area contributed by atoms with Crippen molar-refractivity contribution in [2.75, 3.05) is 6.54 Å². The zero-order valence-electron chi connectivity index (χ0n) is 13.9. The van der Waals surface area contributed by atoms with Crippen molar-refractivity contribution in [2.45, 2.75) is 78.5 Å². The lowest BCUT2D eigenvalue weighted by atomic mass is 9.69. The summed E-state index contributed by atoms with van der Waals surface area (Å²) in [5.41, 5.74) is 0.483. The Morgan fingerprint density at radius 1 is 1.10 bits per heavy atom. The minimum atomic E-state index is -3.17. The van der Waals surface area contributed by atoms with E-state index in [4.69, 9.17) is 0 Å². The summed E-state index contributed by atoms with van der Waals surface area (Å²) in [4.78, 5) is 0. The third kappa shape index (κ3) is 2.23. The van der Waals surface area contributed by atoms with E-state index in [1.165, 1.54) is 25.7 Å². The molecule has 0 saturated heterocycles. The number of hydrogen-bond acceptors (Lipinski definition) is 2. The van der Waals surface area contributed by atoms with Crippen LogP contribution in [0.25, 0.3) is 0 Å². The Hall–Kier alpha value is -0.0900. The molecule has 0 radical (unpaired) electrons. The molecule has 2 aliphatic rings. The molecule has 4 heteroatoms. The fraction of sp³-hybridized carbons (Fsp3) is 1.00. The molecule has 0 heterocycles. The molecule has 0 amide bonds. The van der Waals surface area contributed by atoms with Crippen molar-refractivity contribution in [3.63, 3.8) is 0 Å². The highest BCUT2D eigenvalue weighted by atomic mass is 32.2. The molecule has 2 bridgehead atoms. The number of hydrogen-bond donors (Lipinski definition) is 0. The van der Waals surface area contributed by atoms with Crippen LogP contribution in [0.4, 0.5) is 0 Å². The molecule has 0 atom stereocenters. The van der Waals surface area contributed by atoms with Crippen LogP contribution in [-0.4, -0.2) is 30.6 Å². The average Bonchev–Trinajstić information content (AvgIpc) is 2.72. The van der Waals surface area contributed by atoms with E-state index in [-0.39, 0.29) is 22.1 Å². The number of sulfonamides is 1. The van der Waals surface area contributed by atoms with Gasteiger partial charge in [0.05, 0.1) is 5.25 Å². The van der Waals surface area contributed by atoms with Crippen LogP contribution in [-0.2, 0) is 10.0 Å². The molecule has 0 aromatic rings. The van der Waals surface area contributed by atoms with Crippen molar-refractivity contribution < 1.29 is 8.42 Å². The maximum atomic E-state index is 12.7. The summed E-state index contributed by atoms with van der Waals surface area (Å²) in [7, 11) is -3.17. The Morgan fingerprint density at radius 3 is 1.90 bits per heavy atom. The lowest BCUT2D eigenvalue weighted by Crippen LogP contribution is -2.49. The van der Waals surface area contributed by atoms with E-state index in [0.717, 1.165) is 5.92 Å². The second-order valence-corrected chi connectivity index (χ2v) is 10.5. The van der Waals surface area contributed by atoms with Gasteiger partial charge in [0.1, 0.15) is 0 Å². The van der Waals surface area contributed by atoms with Crippen molar-refractivity contribution in [1.82, 2.24) is 4.31 Å². The molecule has 0 aromatic heterocycles. The van der Waals surface area contributed by atoms with E-state index < -0.39 is 10.0 Å². The molecule has 0 aromatic carbocycles. The van der Waals surface area contributed by atoms with Crippen LogP contribution in [0.5, 0.6) is 0 Å². The fourth-order valence-corrected chi connectivity index (χ4v) is 6.02. The standard InChI is InChI=1S/C16H31NO2S/c1-12(2)17(20(18,19)13(3)4)11-16-9-7-14(8-10-16)15(16,5)6/h12-14H,7-11H2,1-6H3. The highest BCUT2D eigenvalue weighted by Gasteiger charge is 2.59. The van der Waals surface area contributed by atoms with E-state index in [0.29, 0.717) is 6.54 Å². The molecule has 2 rings (SSSR count). The van der Waals surface area contributed by atoms with Crippen LogP contribution in [0.2, 0.25) is 0 Å². The summed E-state index contributed by atoms with van der Waals surface area (Å²) in [6.07, 6.45) is 4.95. The molecule has 118 valence electrons. The zero-order valence-corrected chi connectivity index (χ0v) is 14.8. The Morgan fingerprint density at radius 2 is 1.60 bits per heavy atom. The maximum absolute atomic E-state index is 12.7. The van der Waals surface area contributed by atoms with Gasteiger partial charge in [0.2, 0.25) is 10.0 Å². The van der Waals surface area contributed by atoms with Crippen LogP contribution in [0.3, 0.4) is 0 Å². The summed E-state index contributed by atoms with van der Waals surface area (Å²) < 4.78 is 27.1. The van der Waals surface area contributed by atoms with Crippen LogP contribution in [0.15, 0.2) is 0 Å². The van der Waals surface area contributed by atoms with Crippen LogP contribution < -0.4 is 0 Å². The van der Waals surface area contributed by atoms with E-state index >= 15 is 0 Å². The normalized spacial score (nSPS) is 32.8. The molecule has 3 nitrogen and oxygen atoms in total. The summed E-state index contributed by atoms with van der Waals surface area (Å²) in [5.74, 6) is 0.790. The zero-order chi connectivity index (χ0) is 15.3. The quantitative estimate of drug-likeness (QED) is 0.777. The van der Waals surface area contributed by atoms with Gasteiger partial charge in [-0.25, -0.2) is 8.42 Å². The van der Waals surface area contributed by atoms with Crippen molar-refractivity contribution >= 4 is 10.0 Å². The highest BCUT2D eigenvalue weighted by molar-refractivity contribution is 7.89. The van der Waals surface area contributed by atoms with Crippen molar-refractivity contribution in [2.24, 2.45) is 16.7 Å². The molecule has 2 saturated carbocycles. The van der Waals surface area contributed by atoms with Crippen molar-refractivity contribution in [1.29, 1.82) is 0 Å². The molecule has 2 aliphatic carbocycles. The average molecular weight is 301 g/mol. The summed E-state index contributed by atoms with van der Waals surface area (Å²) in [6.45, 7) is 13.0. The first-order chi connectivity index (χ1) is 9.04. The molecular weight excluding hydrogens is 270 g/mol. The topological polar surface area (TPSA) is 37.4 Å². The SMILES string of the molecule is CC(C)N(CC12CCC(CC1)C2(C)C)S(=O)(=O)C(C)C. The smallest absolute Gasteiger partial charge is 0.212 e. The van der Waals surface area contributed by atoms with Crippen molar-refractivity contribution in [3.05, 3.63) is 0 Å². The van der Waals surface area contributed by atoms with Crippen LogP contribution in [0, 0.1) is 16.7 Å². The molecule has 0 unspecified atom stereocenters. The Labute approximate surface area is 125 Å². The van der Waals surface area contributed by atoms with Crippen molar-refractivity contribution in [3.8, 4) is 0 Å². The minimum Gasteiger partial charge on any atom is -0.212 e. The van der Waals surface area contributed by atoms with Gasteiger partial charge in [-0.2, -0.15) is 4.31 Å². The number of fused-ring (bicyclic) bond motifs is 2. The molecular formula is C16H31NO2S. The second-order valence-electron chi connectivity index (χ2n) is 8.01. The Balaban J connectivity index is 2.31. The lowest BCUT2D eigenvalue weighted by Gasteiger charge is -2.43. The molecule has 20 heavy (non-hydrogen) atoms. The van der Waals surface area contributed by atoms with Gasteiger partial charge < -0.3 is 0 Å². The van der Waals surface area contributed by atoms with Gasteiger partial charge in [0.25, 0.3) is 0 Å². The number of rotatable bonds is 5. The predicted octanol–water partition coefficient (Wildman–Crippen LogP) is 3.65. The largest absolute Gasteiger partial charge is 0.216 e. The third-order valence-corrected chi connectivity index (χ3v) is 8.68. The lowest BCUT2D eigenvalue weighted by molar-refractivity contribution is 0.0899. The van der Waals surface area contributed by atoms with Crippen LogP contribution >= 0.6 is 0 Å². The molecule has 2 fully saturated rings. The van der Waals surface area contributed by atoms with E-state index in [1.54, 1.807) is 18.2 Å². The predicted molar refractivity (Wildman–Crippen MR) is 84.1 cm³/mol. The first kappa shape index (κ1) is 16.3. The minimum absolute atomic E-state index is 0.0484. The first-order valence-electron chi connectivity index (χ1n) is 8.05. The van der Waals surface area contributed by atoms with Gasteiger partial charge in [-0.3, -0.25) is 0 Å². The van der Waals surface area contributed by atoms with Gasteiger partial charge in [-0.1, -0.05) is 13.8 Å². The monoisotopic (exact) mass is 301 g/mol. The molecule has 0 spiro atoms. The number of nitrogens with zero attached hydrogens (tertiary/aromatic N) is 1. The third-order valence-electron chi connectivity index (χ3n) is 6.29. The van der Waals surface area contributed by atoms with Gasteiger partial charge in [-0.15, -0.1) is 0 Å². The van der Waals surface area contributed by atoms with Gasteiger partial charge in [0, 0.05) is 12.6 Å². The van der Waals surface area contributed by atoms with E-state index in [1.807, 2.05) is 13.8 Å². The molecule has 0 aliphatic heterocycles. The first-order valence-corrected chi connectivity index (χ1v) is 9.55. The van der Waals surface area contributed by atoms with E-state index in [9.17, 15) is 8.42 Å². The molecule has 0 N–H and O–H groups in total. The van der Waals surface area contributed by atoms with Gasteiger partial charge in [0.15, 0.2) is 0 Å². The Bertz CT molecular complexity index is 457. The highest BCUT2D eigenvalue weighted by Crippen LogP contribution is 2.66.